The molecule has 2 amide bonds. The first-order valence-corrected chi connectivity index (χ1v) is 10.5. The number of carboxylic acids is 1. The van der Waals surface area contributed by atoms with E-state index in [2.05, 4.69) is 12.2 Å². The van der Waals surface area contributed by atoms with Gasteiger partial charge in [-0.15, -0.1) is 0 Å². The highest BCUT2D eigenvalue weighted by molar-refractivity contribution is 6.07. The number of rotatable bonds is 15. The van der Waals surface area contributed by atoms with Crippen molar-refractivity contribution in [3.8, 4) is 0 Å². The molecule has 9 nitrogen and oxygen atoms in total. The lowest BCUT2D eigenvalue weighted by atomic mass is 9.81. The number of carbonyl (C=O) groups excluding carboxylic acids is 3. The number of Topliss-reactive ketones (excluding diaryl/α,β-unsaturated/α-hetero) is 1. The van der Waals surface area contributed by atoms with Crippen LogP contribution in [0.4, 0.5) is 0 Å². The van der Waals surface area contributed by atoms with Gasteiger partial charge in [0.1, 0.15) is 0 Å². The highest BCUT2D eigenvalue weighted by Gasteiger charge is 2.30. The molecule has 0 aromatic heterocycles. The van der Waals surface area contributed by atoms with E-state index >= 15 is 0 Å². The van der Waals surface area contributed by atoms with Crippen molar-refractivity contribution in [2.75, 3.05) is 0 Å². The Bertz CT molecular complexity index is 756. The Kier molecular flexibility index (Phi) is 10.8. The number of nitrogens with one attached hydrogen (secondary N) is 1. The summed E-state index contributed by atoms with van der Waals surface area (Å²) >= 11 is 0. The lowest BCUT2D eigenvalue weighted by Crippen LogP contribution is -2.54. The van der Waals surface area contributed by atoms with Gasteiger partial charge in [0.15, 0.2) is 11.8 Å². The molecule has 31 heavy (non-hydrogen) atoms. The van der Waals surface area contributed by atoms with Gasteiger partial charge >= 0.3 is 5.97 Å². The quantitative estimate of drug-likeness (QED) is 0.201. The Labute approximate surface area is 182 Å². The molecule has 1 aromatic rings. The van der Waals surface area contributed by atoms with Gasteiger partial charge in [-0.1, -0.05) is 56.5 Å². The second kappa shape index (κ2) is 12.8. The Morgan fingerprint density at radius 1 is 1.06 bits per heavy atom. The summed E-state index contributed by atoms with van der Waals surface area (Å²) in [4.78, 5) is 46.9. The van der Waals surface area contributed by atoms with Crippen LogP contribution in [0, 0.1) is 0 Å². The lowest BCUT2D eigenvalue weighted by Gasteiger charge is -2.30. The molecule has 172 valence electrons. The number of carbonyl (C=O) groups is 4. The van der Waals surface area contributed by atoms with Crippen LogP contribution in [0.2, 0.25) is 0 Å². The summed E-state index contributed by atoms with van der Waals surface area (Å²) in [6, 6.07) is 6.72. The van der Waals surface area contributed by atoms with Gasteiger partial charge in [0, 0.05) is 12.0 Å². The molecule has 0 saturated carbocycles. The van der Waals surface area contributed by atoms with Crippen molar-refractivity contribution in [1.82, 2.24) is 5.32 Å². The molecule has 0 aliphatic carbocycles. The SMILES string of the molecule is CCCCCC(N)(CCCC(=O)[C@H](NC(=O)[C@@H](N)CC(=O)O)C(N)=O)c1ccccc1. The minimum absolute atomic E-state index is 0.0123. The molecular weight excluding hydrogens is 400 g/mol. The third-order valence-electron chi connectivity index (χ3n) is 5.25. The smallest absolute Gasteiger partial charge is 0.305 e. The van der Waals surface area contributed by atoms with Crippen molar-refractivity contribution in [2.45, 2.75) is 75.9 Å². The molecule has 0 bridgehead atoms. The van der Waals surface area contributed by atoms with Gasteiger partial charge in [-0.3, -0.25) is 19.2 Å². The van der Waals surface area contributed by atoms with Crippen molar-refractivity contribution < 1.29 is 24.3 Å². The maximum absolute atomic E-state index is 12.5. The molecule has 3 atom stereocenters. The summed E-state index contributed by atoms with van der Waals surface area (Å²) in [5.74, 6) is -3.78. The van der Waals surface area contributed by atoms with Gasteiger partial charge < -0.3 is 27.6 Å². The number of nitrogens with two attached hydrogens (primary N) is 3. The molecule has 0 spiro atoms. The van der Waals surface area contributed by atoms with Crippen LogP contribution >= 0.6 is 0 Å². The van der Waals surface area contributed by atoms with E-state index < -0.39 is 47.6 Å². The average molecular weight is 435 g/mol. The molecule has 1 aromatic carbocycles. The number of hydrogen-bond acceptors (Lipinski definition) is 6. The zero-order valence-electron chi connectivity index (χ0n) is 18.0. The van der Waals surface area contributed by atoms with Crippen LogP contribution in [0.3, 0.4) is 0 Å². The molecule has 0 heterocycles. The maximum Gasteiger partial charge on any atom is 0.305 e. The van der Waals surface area contributed by atoms with Gasteiger partial charge in [0.05, 0.1) is 12.5 Å². The minimum Gasteiger partial charge on any atom is -0.481 e. The Balaban J connectivity index is 2.75. The third kappa shape index (κ3) is 8.85. The number of carboxylic acid groups (broad SMARTS) is 1. The van der Waals surface area contributed by atoms with Crippen LogP contribution in [-0.4, -0.2) is 40.8 Å². The molecule has 0 fully saturated rings. The normalized spacial score (nSPS) is 14.8. The standard InChI is InChI=1S/C22H34N4O5/c1-2-3-7-12-22(25,15-9-5-4-6-10-15)13-8-11-17(27)19(20(24)30)26-21(31)16(23)14-18(28)29/h4-6,9-10,16,19H,2-3,7-8,11-14,23,25H2,1H3,(H2,24,30)(H,26,31)(H,28,29)/t16-,19-,22?/m0/s1. The van der Waals surface area contributed by atoms with E-state index in [9.17, 15) is 19.2 Å². The van der Waals surface area contributed by atoms with E-state index in [1.165, 1.54) is 0 Å². The summed E-state index contributed by atoms with van der Waals surface area (Å²) in [6.07, 6.45) is 4.11. The Hall–Kier alpha value is -2.78. The molecule has 1 rings (SSSR count). The van der Waals surface area contributed by atoms with Gasteiger partial charge in [-0.25, -0.2) is 0 Å². The fraction of sp³-hybridized carbons (Fsp3) is 0.545. The maximum atomic E-state index is 12.5. The van der Waals surface area contributed by atoms with E-state index in [0.29, 0.717) is 12.8 Å². The van der Waals surface area contributed by atoms with Gasteiger partial charge in [-0.2, -0.15) is 0 Å². The molecule has 0 saturated heterocycles. The zero-order valence-corrected chi connectivity index (χ0v) is 18.0. The first-order chi connectivity index (χ1) is 14.6. The number of ketones is 1. The van der Waals surface area contributed by atoms with Gasteiger partial charge in [0.2, 0.25) is 11.8 Å². The number of unbranched alkanes of at least 4 members (excludes halogenated alkanes) is 2. The van der Waals surface area contributed by atoms with Gasteiger partial charge in [0.25, 0.3) is 0 Å². The highest BCUT2D eigenvalue weighted by atomic mass is 16.4. The highest BCUT2D eigenvalue weighted by Crippen LogP contribution is 2.30. The number of hydrogen-bond donors (Lipinski definition) is 5. The monoisotopic (exact) mass is 434 g/mol. The number of primary amides is 1. The largest absolute Gasteiger partial charge is 0.481 e. The number of aliphatic carboxylic acids is 1. The fourth-order valence-electron chi connectivity index (χ4n) is 3.44. The van der Waals surface area contributed by atoms with Crippen LogP contribution < -0.4 is 22.5 Å². The zero-order chi connectivity index (χ0) is 23.4. The summed E-state index contributed by atoms with van der Waals surface area (Å²) in [7, 11) is 0. The summed E-state index contributed by atoms with van der Waals surface area (Å²) in [6.45, 7) is 2.11. The second-order valence-corrected chi connectivity index (χ2v) is 7.85. The molecule has 8 N–H and O–H groups in total. The minimum atomic E-state index is -1.56. The second-order valence-electron chi connectivity index (χ2n) is 7.85. The summed E-state index contributed by atoms with van der Waals surface area (Å²) in [5, 5.41) is 10.9. The molecule has 0 aliphatic heterocycles. The summed E-state index contributed by atoms with van der Waals surface area (Å²) < 4.78 is 0. The predicted molar refractivity (Wildman–Crippen MR) is 117 cm³/mol. The Morgan fingerprint density at radius 3 is 2.23 bits per heavy atom. The summed E-state index contributed by atoms with van der Waals surface area (Å²) in [5.41, 5.74) is 17.8. The lowest BCUT2D eigenvalue weighted by molar-refractivity contribution is -0.140. The molecule has 0 aliphatic rings. The van der Waals surface area contributed by atoms with Crippen molar-refractivity contribution in [3.63, 3.8) is 0 Å². The van der Waals surface area contributed by atoms with E-state index in [-0.39, 0.29) is 6.42 Å². The van der Waals surface area contributed by atoms with Crippen molar-refractivity contribution >= 4 is 23.6 Å². The predicted octanol–water partition coefficient (Wildman–Crippen LogP) is 0.932. The van der Waals surface area contributed by atoms with E-state index in [4.69, 9.17) is 22.3 Å². The molecule has 0 radical (unpaired) electrons. The van der Waals surface area contributed by atoms with E-state index in [1.807, 2.05) is 30.3 Å². The van der Waals surface area contributed by atoms with Crippen LogP contribution in [0.15, 0.2) is 30.3 Å². The van der Waals surface area contributed by atoms with E-state index in [1.54, 1.807) is 0 Å². The van der Waals surface area contributed by atoms with Crippen LogP contribution in [-0.2, 0) is 24.7 Å². The third-order valence-corrected chi connectivity index (χ3v) is 5.25. The van der Waals surface area contributed by atoms with Gasteiger partial charge in [-0.05, 0) is 24.8 Å². The Morgan fingerprint density at radius 2 is 1.68 bits per heavy atom. The van der Waals surface area contributed by atoms with Crippen LogP contribution in [0.1, 0.15) is 63.9 Å². The van der Waals surface area contributed by atoms with Crippen molar-refractivity contribution in [2.24, 2.45) is 17.2 Å². The van der Waals surface area contributed by atoms with E-state index in [0.717, 1.165) is 31.2 Å². The van der Waals surface area contributed by atoms with Crippen molar-refractivity contribution in [1.29, 1.82) is 0 Å². The average Bonchev–Trinajstić information content (AvgIpc) is 2.71. The molecule has 1 unspecified atom stereocenters. The molecular formula is C22H34N4O5. The van der Waals surface area contributed by atoms with Crippen LogP contribution in [0.25, 0.3) is 0 Å². The number of amides is 2. The first-order valence-electron chi connectivity index (χ1n) is 10.5. The first kappa shape index (κ1) is 26.3. The van der Waals surface area contributed by atoms with Crippen molar-refractivity contribution in [3.05, 3.63) is 35.9 Å². The van der Waals surface area contributed by atoms with Crippen LogP contribution in [0.5, 0.6) is 0 Å². The topological polar surface area (TPSA) is 179 Å². The number of benzene rings is 1. The molecule has 9 heteroatoms. The fourth-order valence-corrected chi connectivity index (χ4v) is 3.44.